The van der Waals surface area contributed by atoms with Crippen molar-refractivity contribution in [2.75, 3.05) is 11.9 Å². The second kappa shape index (κ2) is 9.22. The predicted molar refractivity (Wildman–Crippen MR) is 114 cm³/mol. The molecule has 3 rings (SSSR count). The third-order valence-electron chi connectivity index (χ3n) is 4.00. The van der Waals surface area contributed by atoms with Crippen LogP contribution in [0.25, 0.3) is 0 Å². The van der Waals surface area contributed by atoms with Crippen LogP contribution in [-0.4, -0.2) is 44.0 Å². The van der Waals surface area contributed by atoms with E-state index in [0.717, 1.165) is 15.8 Å². The zero-order valence-corrected chi connectivity index (χ0v) is 18.6. The molecule has 0 saturated carbocycles. The first-order valence-electron chi connectivity index (χ1n) is 8.93. The average molecular weight is 495 g/mol. The Bertz CT molecular complexity index is 1100. The summed E-state index contributed by atoms with van der Waals surface area (Å²) in [6.45, 7) is 3.99. The lowest BCUT2D eigenvalue weighted by molar-refractivity contribution is 0.0506. The lowest BCUT2D eigenvalue weighted by Crippen LogP contribution is -2.17. The van der Waals surface area contributed by atoms with E-state index in [2.05, 4.69) is 31.4 Å². The molecule has 0 bridgehead atoms. The van der Waals surface area contributed by atoms with Crippen LogP contribution in [-0.2, 0) is 11.4 Å². The molecule has 0 fully saturated rings. The number of carbonyl (C=O) groups excluding carboxylic acids is 3. The summed E-state index contributed by atoms with van der Waals surface area (Å²) in [6, 6.07) is 1.54. The Labute approximate surface area is 184 Å². The Kier molecular flexibility index (Phi) is 6.67. The van der Waals surface area contributed by atoms with Gasteiger partial charge in [0.15, 0.2) is 5.69 Å². The van der Waals surface area contributed by atoms with E-state index in [9.17, 15) is 14.4 Å². The maximum Gasteiger partial charge on any atom is 0.341 e. The van der Waals surface area contributed by atoms with Gasteiger partial charge in [-0.1, -0.05) is 6.92 Å². The van der Waals surface area contributed by atoms with E-state index in [1.165, 1.54) is 0 Å². The molecule has 30 heavy (non-hydrogen) atoms. The van der Waals surface area contributed by atoms with Crippen molar-refractivity contribution in [2.24, 2.45) is 5.73 Å². The molecule has 158 valence electrons. The maximum atomic E-state index is 12.7. The molecule has 3 aromatic rings. The van der Waals surface area contributed by atoms with Crippen molar-refractivity contribution in [3.8, 4) is 0 Å². The number of halogens is 1. The van der Waals surface area contributed by atoms with Crippen LogP contribution in [0.3, 0.4) is 0 Å². The molecule has 3 aromatic heterocycles. The first-order valence-corrected chi connectivity index (χ1v) is 10.5. The number of rotatable bonds is 8. The molecule has 3 heterocycles. The number of carbonyl (C=O) groups is 3. The van der Waals surface area contributed by atoms with Crippen LogP contribution in [0, 0.1) is 6.92 Å². The van der Waals surface area contributed by atoms with Gasteiger partial charge in [0.1, 0.15) is 11.7 Å². The molecular formula is C18H19BrN6O4S. The Morgan fingerprint density at radius 1 is 1.33 bits per heavy atom. The predicted octanol–water partition coefficient (Wildman–Crippen LogP) is 2.64. The fourth-order valence-corrected chi connectivity index (χ4v) is 4.01. The first kappa shape index (κ1) is 21.7. The van der Waals surface area contributed by atoms with Gasteiger partial charge in [0.05, 0.1) is 27.7 Å². The Morgan fingerprint density at radius 3 is 2.73 bits per heavy atom. The number of thiophene rings is 1. The van der Waals surface area contributed by atoms with E-state index in [-0.39, 0.29) is 27.7 Å². The average Bonchev–Trinajstić information content (AvgIpc) is 3.40. The number of ether oxygens (including phenoxy) is 1. The summed E-state index contributed by atoms with van der Waals surface area (Å²) in [5.41, 5.74) is 6.03. The van der Waals surface area contributed by atoms with Crippen molar-refractivity contribution in [2.45, 2.75) is 26.9 Å². The lowest BCUT2D eigenvalue weighted by Gasteiger charge is -2.07. The Hall–Kier alpha value is -2.99. The molecule has 0 aliphatic heterocycles. The van der Waals surface area contributed by atoms with Crippen molar-refractivity contribution >= 4 is 50.1 Å². The van der Waals surface area contributed by atoms with Gasteiger partial charge in [-0.3, -0.25) is 14.3 Å². The molecule has 0 aliphatic rings. The first-order chi connectivity index (χ1) is 14.3. The number of nitrogens with two attached hydrogens (primary N) is 1. The van der Waals surface area contributed by atoms with Crippen molar-refractivity contribution in [3.05, 3.63) is 50.8 Å². The minimum atomic E-state index is -0.683. The molecule has 3 N–H and O–H groups in total. The summed E-state index contributed by atoms with van der Waals surface area (Å²) >= 11 is 4.25. The van der Waals surface area contributed by atoms with Gasteiger partial charge >= 0.3 is 5.97 Å². The highest BCUT2D eigenvalue weighted by atomic mass is 79.9. The van der Waals surface area contributed by atoms with E-state index in [1.54, 1.807) is 40.9 Å². The fraction of sp³-hybridized carbons (Fsp3) is 0.278. The molecule has 0 unspecified atom stereocenters. The van der Waals surface area contributed by atoms with Gasteiger partial charge in [-0.15, -0.1) is 11.3 Å². The van der Waals surface area contributed by atoms with Gasteiger partial charge in [-0.25, -0.2) is 9.48 Å². The van der Waals surface area contributed by atoms with Gasteiger partial charge < -0.3 is 15.8 Å². The van der Waals surface area contributed by atoms with Gasteiger partial charge in [0.2, 0.25) is 0 Å². The van der Waals surface area contributed by atoms with E-state index < -0.39 is 17.8 Å². The Balaban J connectivity index is 1.81. The molecule has 12 heteroatoms. The number of esters is 1. The maximum absolute atomic E-state index is 12.7. The number of hydrogen-bond donors (Lipinski definition) is 2. The van der Waals surface area contributed by atoms with Crippen LogP contribution in [0.15, 0.2) is 29.1 Å². The normalized spacial score (nSPS) is 10.8. The van der Waals surface area contributed by atoms with Crippen LogP contribution in [0.2, 0.25) is 0 Å². The zero-order valence-electron chi connectivity index (χ0n) is 16.2. The minimum Gasteiger partial charge on any atom is -0.462 e. The number of nitrogens with one attached hydrogen (secondary N) is 1. The summed E-state index contributed by atoms with van der Waals surface area (Å²) < 4.78 is 9.19. The van der Waals surface area contributed by atoms with Gasteiger partial charge in [-0.05, 0) is 40.9 Å². The highest BCUT2D eigenvalue weighted by molar-refractivity contribution is 9.10. The standard InChI is InChI=1S/C18H19BrN6O4S/c1-3-6-29-18(28)13-10(2)14(15(20)26)30-17(13)22-16(27)12-4-5-24(23-12)9-25-8-11(19)7-21-25/h4-5,7-8H,3,6,9H2,1-2H3,(H2,20,26)(H,22,27). The van der Waals surface area contributed by atoms with Crippen molar-refractivity contribution < 1.29 is 19.1 Å². The summed E-state index contributed by atoms with van der Waals surface area (Å²) in [6.07, 6.45) is 5.69. The number of hydrogen-bond acceptors (Lipinski definition) is 7. The topological polar surface area (TPSA) is 134 Å². The molecule has 10 nitrogen and oxygen atoms in total. The molecular weight excluding hydrogens is 476 g/mol. The second-order valence-electron chi connectivity index (χ2n) is 6.29. The highest BCUT2D eigenvalue weighted by Crippen LogP contribution is 2.33. The largest absolute Gasteiger partial charge is 0.462 e. The van der Waals surface area contributed by atoms with E-state index in [4.69, 9.17) is 10.5 Å². The SMILES string of the molecule is CCCOC(=O)c1c(NC(=O)c2ccn(Cn3cc(Br)cn3)n2)sc(C(N)=O)c1C. The summed E-state index contributed by atoms with van der Waals surface area (Å²) in [4.78, 5) is 37.0. The van der Waals surface area contributed by atoms with Crippen molar-refractivity contribution in [1.29, 1.82) is 0 Å². The summed E-state index contributed by atoms with van der Waals surface area (Å²) in [7, 11) is 0. The molecule has 0 aliphatic carbocycles. The van der Waals surface area contributed by atoms with E-state index >= 15 is 0 Å². The van der Waals surface area contributed by atoms with Crippen LogP contribution >= 0.6 is 27.3 Å². The van der Waals surface area contributed by atoms with Crippen LogP contribution < -0.4 is 11.1 Å². The number of anilines is 1. The van der Waals surface area contributed by atoms with Gasteiger partial charge in [0.25, 0.3) is 11.8 Å². The van der Waals surface area contributed by atoms with Gasteiger partial charge in [0, 0.05) is 12.4 Å². The Morgan fingerprint density at radius 2 is 2.10 bits per heavy atom. The number of nitrogens with zero attached hydrogens (tertiary/aromatic N) is 4. The molecule has 0 saturated heterocycles. The minimum absolute atomic E-state index is 0.122. The van der Waals surface area contributed by atoms with Crippen molar-refractivity contribution in [3.63, 3.8) is 0 Å². The molecule has 0 radical (unpaired) electrons. The van der Waals surface area contributed by atoms with Gasteiger partial charge in [-0.2, -0.15) is 10.2 Å². The third kappa shape index (κ3) is 4.76. The fourth-order valence-electron chi connectivity index (χ4n) is 2.64. The van der Waals surface area contributed by atoms with Crippen molar-refractivity contribution in [1.82, 2.24) is 19.6 Å². The second-order valence-corrected chi connectivity index (χ2v) is 8.23. The molecule has 0 atom stereocenters. The summed E-state index contributed by atoms with van der Waals surface area (Å²) in [5.74, 6) is -1.84. The molecule has 0 spiro atoms. The monoisotopic (exact) mass is 494 g/mol. The third-order valence-corrected chi connectivity index (χ3v) is 5.64. The number of amides is 2. The summed E-state index contributed by atoms with van der Waals surface area (Å²) in [5, 5.41) is 11.2. The van der Waals surface area contributed by atoms with Crippen LogP contribution in [0.4, 0.5) is 5.00 Å². The highest BCUT2D eigenvalue weighted by Gasteiger charge is 2.26. The lowest BCUT2D eigenvalue weighted by atomic mass is 10.1. The smallest absolute Gasteiger partial charge is 0.341 e. The van der Waals surface area contributed by atoms with Crippen LogP contribution in [0.1, 0.15) is 49.4 Å². The molecule has 2 amide bonds. The number of aromatic nitrogens is 4. The number of primary amides is 1. The van der Waals surface area contributed by atoms with E-state index in [0.29, 0.717) is 18.7 Å². The molecule has 0 aromatic carbocycles. The zero-order chi connectivity index (χ0) is 21.8. The van der Waals surface area contributed by atoms with Crippen LogP contribution in [0.5, 0.6) is 0 Å². The quantitative estimate of drug-likeness (QED) is 0.462. The van der Waals surface area contributed by atoms with E-state index in [1.807, 2.05) is 6.92 Å².